The second-order valence-electron chi connectivity index (χ2n) is 7.66. The highest BCUT2D eigenvalue weighted by molar-refractivity contribution is 7.99. The van der Waals surface area contributed by atoms with E-state index in [1.165, 1.54) is 23.1 Å². The van der Waals surface area contributed by atoms with Crippen molar-refractivity contribution in [2.75, 3.05) is 24.3 Å². The van der Waals surface area contributed by atoms with E-state index in [2.05, 4.69) is 5.32 Å². The van der Waals surface area contributed by atoms with E-state index in [1.54, 1.807) is 22.8 Å². The molecule has 9 heteroatoms. The summed E-state index contributed by atoms with van der Waals surface area (Å²) in [6.45, 7) is 4.94. The highest BCUT2D eigenvalue weighted by Crippen LogP contribution is 2.33. The number of carbonyl (C=O) groups excluding carboxylic acids is 1. The summed E-state index contributed by atoms with van der Waals surface area (Å²) in [5.41, 5.74) is 3.92. The summed E-state index contributed by atoms with van der Waals surface area (Å²) in [7, 11) is 0. The topological polar surface area (TPSA) is 82.5 Å². The van der Waals surface area contributed by atoms with Crippen molar-refractivity contribution in [3.05, 3.63) is 69.3 Å². The van der Waals surface area contributed by atoms with Crippen LogP contribution in [0.25, 0.3) is 15.9 Å². The van der Waals surface area contributed by atoms with Gasteiger partial charge in [0.2, 0.25) is 5.91 Å². The van der Waals surface area contributed by atoms with Gasteiger partial charge < -0.3 is 14.8 Å². The number of benzene rings is 2. The van der Waals surface area contributed by atoms with E-state index in [1.807, 2.05) is 43.5 Å². The average molecular weight is 480 g/mol. The fourth-order valence-corrected chi connectivity index (χ4v) is 5.18. The van der Waals surface area contributed by atoms with Crippen LogP contribution >= 0.6 is 23.1 Å². The third kappa shape index (κ3) is 4.34. The van der Waals surface area contributed by atoms with Crippen molar-refractivity contribution >= 4 is 44.9 Å². The van der Waals surface area contributed by atoms with E-state index in [-0.39, 0.29) is 17.2 Å². The van der Waals surface area contributed by atoms with E-state index in [0.717, 1.165) is 16.8 Å². The molecule has 5 rings (SSSR count). The van der Waals surface area contributed by atoms with Crippen LogP contribution in [0, 0.1) is 13.8 Å². The molecule has 3 heterocycles. The lowest BCUT2D eigenvalue weighted by Crippen LogP contribution is -2.23. The number of ether oxygens (including phenoxy) is 2. The van der Waals surface area contributed by atoms with E-state index < -0.39 is 0 Å². The zero-order chi connectivity index (χ0) is 22.9. The van der Waals surface area contributed by atoms with Crippen molar-refractivity contribution < 1.29 is 14.3 Å². The largest absolute Gasteiger partial charge is 0.486 e. The van der Waals surface area contributed by atoms with E-state index >= 15 is 0 Å². The fraction of sp³-hybridized carbons (Fsp3) is 0.208. The minimum absolute atomic E-state index is 0.0986. The molecule has 0 radical (unpaired) electrons. The Morgan fingerprint density at radius 2 is 1.94 bits per heavy atom. The lowest BCUT2D eigenvalue weighted by atomic mass is 10.1. The molecular weight excluding hydrogens is 458 g/mol. The number of thiophene rings is 1. The number of fused-ring (bicyclic) bond motifs is 2. The lowest BCUT2D eigenvalue weighted by Gasteiger charge is -2.19. The number of hydrogen-bond acceptors (Lipinski definition) is 7. The lowest BCUT2D eigenvalue weighted by molar-refractivity contribution is -0.113. The van der Waals surface area contributed by atoms with Crippen LogP contribution in [-0.4, -0.2) is 34.4 Å². The van der Waals surface area contributed by atoms with Crippen molar-refractivity contribution in [1.29, 1.82) is 0 Å². The van der Waals surface area contributed by atoms with Crippen LogP contribution in [0.3, 0.4) is 0 Å². The van der Waals surface area contributed by atoms with Gasteiger partial charge in [-0.2, -0.15) is 0 Å². The normalized spacial score (nSPS) is 12.7. The minimum atomic E-state index is -0.205. The Hall–Kier alpha value is -3.30. The molecule has 1 N–H and O–H groups in total. The van der Waals surface area contributed by atoms with E-state index in [9.17, 15) is 9.59 Å². The van der Waals surface area contributed by atoms with Gasteiger partial charge in [0.1, 0.15) is 17.9 Å². The number of thioether (sulfide) groups is 1. The molecule has 0 aliphatic carbocycles. The van der Waals surface area contributed by atoms with Crippen LogP contribution in [0.5, 0.6) is 11.5 Å². The average Bonchev–Trinajstić information content (AvgIpc) is 3.29. The maximum Gasteiger partial charge on any atom is 0.276 e. The predicted molar refractivity (Wildman–Crippen MR) is 131 cm³/mol. The van der Waals surface area contributed by atoms with Gasteiger partial charge in [-0.25, -0.2) is 4.98 Å². The molecule has 0 unspecified atom stereocenters. The van der Waals surface area contributed by atoms with Crippen LogP contribution < -0.4 is 20.3 Å². The van der Waals surface area contributed by atoms with Gasteiger partial charge in [-0.3, -0.25) is 14.2 Å². The Balaban J connectivity index is 1.42. The zero-order valence-electron chi connectivity index (χ0n) is 18.1. The molecule has 0 bridgehead atoms. The second kappa shape index (κ2) is 8.92. The Labute approximate surface area is 198 Å². The second-order valence-corrected chi connectivity index (χ2v) is 9.51. The molecule has 33 heavy (non-hydrogen) atoms. The molecule has 2 aromatic heterocycles. The number of aryl methyl sites for hydroxylation is 2. The Kier molecular flexibility index (Phi) is 5.82. The number of aromatic nitrogens is 2. The first-order chi connectivity index (χ1) is 16.0. The number of carbonyl (C=O) groups is 1. The van der Waals surface area contributed by atoms with E-state index in [0.29, 0.717) is 45.8 Å². The smallest absolute Gasteiger partial charge is 0.276 e. The third-order valence-corrected chi connectivity index (χ3v) is 7.04. The SMILES string of the molecule is Cc1ccc(C)c(-n2c(SCC(=O)Nc3ccc4c(c3)OCCO4)nc3ccsc3c2=O)c1. The molecule has 7 nitrogen and oxygen atoms in total. The number of rotatable bonds is 5. The van der Waals surface area contributed by atoms with Crippen molar-refractivity contribution in [2.24, 2.45) is 0 Å². The molecule has 1 amide bonds. The van der Waals surface area contributed by atoms with Gasteiger partial charge in [-0.1, -0.05) is 23.9 Å². The molecule has 0 fully saturated rings. The summed E-state index contributed by atoms with van der Waals surface area (Å²) in [5, 5.41) is 5.22. The Morgan fingerprint density at radius 3 is 2.79 bits per heavy atom. The monoisotopic (exact) mass is 479 g/mol. The molecule has 0 saturated carbocycles. The van der Waals surface area contributed by atoms with Gasteiger partial charge in [0.15, 0.2) is 16.7 Å². The van der Waals surface area contributed by atoms with Crippen molar-refractivity contribution in [2.45, 2.75) is 19.0 Å². The molecule has 0 atom stereocenters. The van der Waals surface area contributed by atoms with Gasteiger partial charge in [-0.05, 0) is 54.6 Å². The van der Waals surface area contributed by atoms with Gasteiger partial charge >= 0.3 is 0 Å². The predicted octanol–water partition coefficient (Wildman–Crippen LogP) is 4.57. The Morgan fingerprint density at radius 1 is 1.12 bits per heavy atom. The van der Waals surface area contributed by atoms with Crippen molar-refractivity contribution in [1.82, 2.24) is 9.55 Å². The molecule has 1 aliphatic rings. The number of hydrogen-bond donors (Lipinski definition) is 1. The van der Waals surface area contributed by atoms with E-state index in [4.69, 9.17) is 14.5 Å². The number of anilines is 1. The summed E-state index contributed by atoms with van der Waals surface area (Å²) in [4.78, 5) is 30.7. The third-order valence-electron chi connectivity index (χ3n) is 5.21. The molecule has 1 aliphatic heterocycles. The number of amides is 1. The highest BCUT2D eigenvalue weighted by atomic mass is 32.2. The van der Waals surface area contributed by atoms with Gasteiger partial charge in [-0.15, -0.1) is 11.3 Å². The number of nitrogens with zero attached hydrogens (tertiary/aromatic N) is 2. The summed E-state index contributed by atoms with van der Waals surface area (Å²) >= 11 is 2.61. The molecular formula is C24H21N3O4S2. The number of nitrogens with one attached hydrogen (secondary N) is 1. The first-order valence-electron chi connectivity index (χ1n) is 10.4. The highest BCUT2D eigenvalue weighted by Gasteiger charge is 2.18. The van der Waals surface area contributed by atoms with Crippen LogP contribution in [0.1, 0.15) is 11.1 Å². The summed E-state index contributed by atoms with van der Waals surface area (Å²) in [5.74, 6) is 1.17. The van der Waals surface area contributed by atoms with Gasteiger partial charge in [0.05, 0.1) is 17.0 Å². The minimum Gasteiger partial charge on any atom is -0.486 e. The Bertz CT molecular complexity index is 1430. The molecule has 2 aromatic carbocycles. The maximum absolute atomic E-state index is 13.3. The first kappa shape index (κ1) is 21.5. The molecule has 168 valence electrons. The molecule has 4 aromatic rings. The molecule has 0 spiro atoms. The summed E-state index contributed by atoms with van der Waals surface area (Å²) in [6, 6.07) is 13.1. The van der Waals surface area contributed by atoms with Crippen LogP contribution in [0.4, 0.5) is 5.69 Å². The fourth-order valence-electron chi connectivity index (χ4n) is 3.61. The van der Waals surface area contributed by atoms with Crippen LogP contribution in [-0.2, 0) is 4.79 Å². The van der Waals surface area contributed by atoms with Crippen LogP contribution in [0.15, 0.2) is 57.8 Å². The quantitative estimate of drug-likeness (QED) is 0.334. The summed E-state index contributed by atoms with van der Waals surface area (Å²) in [6.07, 6.45) is 0. The van der Waals surface area contributed by atoms with Gasteiger partial charge in [0.25, 0.3) is 5.56 Å². The van der Waals surface area contributed by atoms with Crippen LogP contribution in [0.2, 0.25) is 0 Å². The summed E-state index contributed by atoms with van der Waals surface area (Å²) < 4.78 is 13.3. The zero-order valence-corrected chi connectivity index (χ0v) is 19.7. The first-order valence-corrected chi connectivity index (χ1v) is 12.3. The van der Waals surface area contributed by atoms with Crippen molar-refractivity contribution in [3.8, 4) is 17.2 Å². The molecule has 0 saturated heterocycles. The maximum atomic E-state index is 13.3. The van der Waals surface area contributed by atoms with Gasteiger partial charge in [0, 0.05) is 11.8 Å². The van der Waals surface area contributed by atoms with Crippen molar-refractivity contribution in [3.63, 3.8) is 0 Å². The standard InChI is InChI=1S/C24H21N3O4S2/c1-14-3-4-15(2)18(11-14)27-23(29)22-17(7-10-32-22)26-24(27)33-13-21(28)25-16-5-6-19-20(12-16)31-9-8-30-19/h3-7,10-12H,8-9,13H2,1-2H3,(H,25,28).